The molecule has 1 saturated heterocycles. The molecule has 0 aliphatic carbocycles. The van der Waals surface area contributed by atoms with E-state index in [2.05, 4.69) is 5.32 Å². The number of amides is 2. The van der Waals surface area contributed by atoms with E-state index in [4.69, 9.17) is 9.47 Å². The second kappa shape index (κ2) is 8.26. The summed E-state index contributed by atoms with van der Waals surface area (Å²) >= 11 is 0. The molecule has 0 radical (unpaired) electrons. The number of benzene rings is 2. The van der Waals surface area contributed by atoms with Crippen LogP contribution in [0.4, 0.5) is 10.5 Å². The Balaban J connectivity index is 1.86. The van der Waals surface area contributed by atoms with Crippen LogP contribution in [-0.4, -0.2) is 54.9 Å². The van der Waals surface area contributed by atoms with Gasteiger partial charge in [0.2, 0.25) is 0 Å². The van der Waals surface area contributed by atoms with Crippen molar-refractivity contribution in [3.05, 3.63) is 35.9 Å². The maximum absolute atomic E-state index is 12.7. The minimum absolute atomic E-state index is 0.0943. The monoisotopic (exact) mass is 372 g/mol. The van der Waals surface area contributed by atoms with Crippen molar-refractivity contribution in [1.29, 1.82) is 0 Å². The van der Waals surface area contributed by atoms with Crippen LogP contribution in [0.1, 0.15) is 24.2 Å². The Labute approximate surface area is 157 Å². The topological polar surface area (TPSA) is 88.1 Å². The molecule has 2 aromatic rings. The van der Waals surface area contributed by atoms with Gasteiger partial charge in [0.25, 0.3) is 5.91 Å². The van der Waals surface area contributed by atoms with Crippen molar-refractivity contribution in [2.24, 2.45) is 5.92 Å². The average molecular weight is 372 g/mol. The molecule has 0 bridgehead atoms. The minimum atomic E-state index is -0.552. The van der Waals surface area contributed by atoms with Crippen LogP contribution in [0.2, 0.25) is 0 Å². The molecule has 27 heavy (non-hydrogen) atoms. The number of phenols is 1. The van der Waals surface area contributed by atoms with Gasteiger partial charge in [-0.2, -0.15) is 0 Å². The van der Waals surface area contributed by atoms with E-state index in [1.54, 1.807) is 35.2 Å². The first-order chi connectivity index (χ1) is 13.0. The zero-order valence-corrected chi connectivity index (χ0v) is 15.5. The van der Waals surface area contributed by atoms with Crippen molar-refractivity contribution in [2.45, 2.75) is 13.8 Å². The third-order valence-electron chi connectivity index (χ3n) is 4.35. The molecule has 2 amide bonds. The van der Waals surface area contributed by atoms with Gasteiger partial charge < -0.3 is 19.5 Å². The van der Waals surface area contributed by atoms with Gasteiger partial charge in [0.05, 0.1) is 31.1 Å². The summed E-state index contributed by atoms with van der Waals surface area (Å²) in [6.07, 6.45) is -0.552. The smallest absolute Gasteiger partial charge is 0.411 e. The van der Waals surface area contributed by atoms with Gasteiger partial charge in [-0.1, -0.05) is 32.0 Å². The fourth-order valence-corrected chi connectivity index (χ4v) is 2.95. The Morgan fingerprint density at radius 3 is 2.63 bits per heavy atom. The Morgan fingerprint density at radius 1 is 1.19 bits per heavy atom. The third kappa shape index (κ3) is 4.31. The predicted octanol–water partition coefficient (Wildman–Crippen LogP) is 3.22. The van der Waals surface area contributed by atoms with Gasteiger partial charge in [-0.05, 0) is 18.1 Å². The van der Waals surface area contributed by atoms with Gasteiger partial charge in [0, 0.05) is 23.9 Å². The summed E-state index contributed by atoms with van der Waals surface area (Å²) in [6.45, 7) is 6.21. The van der Waals surface area contributed by atoms with Crippen molar-refractivity contribution in [1.82, 2.24) is 4.90 Å². The number of rotatable bonds is 4. The molecular weight excluding hydrogens is 348 g/mol. The number of morpholine rings is 1. The molecule has 7 heteroatoms. The second-order valence-corrected chi connectivity index (χ2v) is 6.88. The molecule has 3 rings (SSSR count). The average Bonchev–Trinajstić information content (AvgIpc) is 2.67. The Bertz CT molecular complexity index is 844. The number of fused-ring (bicyclic) bond motifs is 1. The van der Waals surface area contributed by atoms with E-state index in [1.807, 2.05) is 13.8 Å². The Morgan fingerprint density at radius 2 is 1.93 bits per heavy atom. The van der Waals surface area contributed by atoms with Crippen molar-refractivity contribution >= 4 is 28.5 Å². The lowest BCUT2D eigenvalue weighted by molar-refractivity contribution is 0.0301. The molecule has 1 aliphatic rings. The van der Waals surface area contributed by atoms with Crippen LogP contribution in [0, 0.1) is 5.92 Å². The molecule has 1 fully saturated rings. The summed E-state index contributed by atoms with van der Waals surface area (Å²) in [5, 5.41) is 14.5. The summed E-state index contributed by atoms with van der Waals surface area (Å²) in [4.78, 5) is 26.3. The van der Waals surface area contributed by atoms with E-state index in [0.29, 0.717) is 49.4 Å². The fraction of sp³-hybridized carbons (Fsp3) is 0.400. The number of hydrogen-bond acceptors (Lipinski definition) is 5. The van der Waals surface area contributed by atoms with Crippen LogP contribution in [-0.2, 0) is 9.47 Å². The number of nitrogens with zero attached hydrogens (tertiary/aromatic N) is 1. The van der Waals surface area contributed by atoms with Gasteiger partial charge in [0.15, 0.2) is 0 Å². The van der Waals surface area contributed by atoms with E-state index >= 15 is 0 Å². The molecule has 144 valence electrons. The van der Waals surface area contributed by atoms with Crippen LogP contribution in [0.25, 0.3) is 10.8 Å². The molecule has 1 aliphatic heterocycles. The Kier molecular flexibility index (Phi) is 5.81. The molecule has 7 nitrogen and oxygen atoms in total. The van der Waals surface area contributed by atoms with Gasteiger partial charge in [-0.3, -0.25) is 10.1 Å². The maximum Gasteiger partial charge on any atom is 0.411 e. The normalized spacial score (nSPS) is 14.4. The summed E-state index contributed by atoms with van der Waals surface area (Å²) in [6, 6.07) is 8.46. The summed E-state index contributed by atoms with van der Waals surface area (Å²) < 4.78 is 10.4. The summed E-state index contributed by atoms with van der Waals surface area (Å²) in [7, 11) is 0. The highest BCUT2D eigenvalue weighted by atomic mass is 16.5. The highest BCUT2D eigenvalue weighted by Gasteiger charge is 2.22. The van der Waals surface area contributed by atoms with Crippen molar-refractivity contribution in [2.75, 3.05) is 38.2 Å². The number of carbonyl (C=O) groups is 2. The van der Waals surface area contributed by atoms with Gasteiger partial charge in [-0.15, -0.1) is 0 Å². The van der Waals surface area contributed by atoms with Crippen molar-refractivity contribution in [3.8, 4) is 5.75 Å². The molecule has 0 saturated carbocycles. The number of carbonyl (C=O) groups excluding carboxylic acids is 2. The largest absolute Gasteiger partial charge is 0.506 e. The van der Waals surface area contributed by atoms with E-state index in [-0.39, 0.29) is 23.1 Å². The number of hydrogen-bond donors (Lipinski definition) is 2. The second-order valence-electron chi connectivity index (χ2n) is 6.88. The van der Waals surface area contributed by atoms with Gasteiger partial charge >= 0.3 is 6.09 Å². The van der Waals surface area contributed by atoms with Gasteiger partial charge in [0.1, 0.15) is 5.75 Å². The predicted molar refractivity (Wildman–Crippen MR) is 102 cm³/mol. The molecule has 0 unspecified atom stereocenters. The maximum atomic E-state index is 12.7. The third-order valence-corrected chi connectivity index (χ3v) is 4.35. The van der Waals surface area contributed by atoms with E-state index in [0.717, 1.165) is 0 Å². The quantitative estimate of drug-likeness (QED) is 0.860. The zero-order chi connectivity index (χ0) is 19.4. The first kappa shape index (κ1) is 19.0. The molecular formula is C20H24N2O5. The van der Waals surface area contributed by atoms with Crippen molar-refractivity contribution < 1.29 is 24.2 Å². The Hall–Kier alpha value is -2.80. The SMILES string of the molecule is CC(C)COC(=O)Nc1cccc2c(O)c(C(=O)N3CCOCC3)ccc12. The van der Waals surface area contributed by atoms with E-state index in [1.165, 1.54) is 0 Å². The van der Waals surface area contributed by atoms with Crippen LogP contribution in [0.15, 0.2) is 30.3 Å². The highest BCUT2D eigenvalue weighted by molar-refractivity contribution is 6.08. The molecule has 0 atom stereocenters. The number of ether oxygens (including phenoxy) is 2. The molecule has 2 N–H and O–H groups in total. The minimum Gasteiger partial charge on any atom is -0.506 e. The van der Waals surface area contributed by atoms with Gasteiger partial charge in [-0.25, -0.2) is 4.79 Å². The molecule has 0 spiro atoms. The fourth-order valence-electron chi connectivity index (χ4n) is 2.95. The van der Waals surface area contributed by atoms with Crippen LogP contribution in [0.5, 0.6) is 5.75 Å². The van der Waals surface area contributed by atoms with E-state index in [9.17, 15) is 14.7 Å². The lowest BCUT2D eigenvalue weighted by atomic mass is 10.0. The number of anilines is 1. The number of phenolic OH excluding ortho intramolecular Hbond substituents is 1. The van der Waals surface area contributed by atoms with Crippen LogP contribution >= 0.6 is 0 Å². The van der Waals surface area contributed by atoms with E-state index < -0.39 is 6.09 Å². The molecule has 0 aromatic heterocycles. The van der Waals surface area contributed by atoms with Crippen LogP contribution < -0.4 is 5.32 Å². The standard InChI is InChI=1S/C20H24N2O5/c1-13(2)12-27-20(25)21-17-5-3-4-15-14(17)6-7-16(18(15)23)19(24)22-8-10-26-11-9-22/h3-7,13,23H,8-12H2,1-2H3,(H,21,25). The number of aromatic hydroxyl groups is 1. The number of nitrogens with one attached hydrogen (secondary N) is 1. The first-order valence-electron chi connectivity index (χ1n) is 9.03. The van der Waals surface area contributed by atoms with Crippen LogP contribution in [0.3, 0.4) is 0 Å². The highest BCUT2D eigenvalue weighted by Crippen LogP contribution is 2.34. The summed E-state index contributed by atoms with van der Waals surface area (Å²) in [5.41, 5.74) is 0.755. The molecule has 1 heterocycles. The summed E-state index contributed by atoms with van der Waals surface area (Å²) in [5.74, 6) is -0.0864. The zero-order valence-electron chi connectivity index (χ0n) is 15.5. The lowest BCUT2D eigenvalue weighted by Crippen LogP contribution is -2.40. The van der Waals surface area contributed by atoms with Crippen molar-refractivity contribution in [3.63, 3.8) is 0 Å². The molecule has 2 aromatic carbocycles. The first-order valence-corrected chi connectivity index (χ1v) is 9.03. The lowest BCUT2D eigenvalue weighted by Gasteiger charge is -2.27.